The second-order valence-electron chi connectivity index (χ2n) is 3.82. The predicted molar refractivity (Wildman–Crippen MR) is 56.9 cm³/mol. The Balaban J connectivity index is 2.87. The molecule has 0 fully saturated rings. The lowest BCUT2D eigenvalue weighted by Gasteiger charge is -2.12. The van der Waals surface area contributed by atoms with Gasteiger partial charge in [0, 0.05) is 0 Å². The van der Waals surface area contributed by atoms with Gasteiger partial charge in [0.2, 0.25) is 0 Å². The van der Waals surface area contributed by atoms with Crippen molar-refractivity contribution in [2.24, 2.45) is 5.92 Å². The third-order valence-electron chi connectivity index (χ3n) is 1.93. The minimum Gasteiger partial charge on any atom is -0.492 e. The molecule has 0 aliphatic carbocycles. The molecule has 0 aliphatic heterocycles. The van der Waals surface area contributed by atoms with Crippen LogP contribution in [0.4, 0.5) is 0 Å². The maximum atomic E-state index is 10.7. The first-order chi connectivity index (χ1) is 6.65. The first kappa shape index (κ1) is 10.8. The number of rotatable bonds is 4. The van der Waals surface area contributed by atoms with Crippen molar-refractivity contribution in [1.82, 2.24) is 0 Å². The number of carbonyl (C=O) groups excluding carboxylic acids is 1. The molecule has 0 aromatic heterocycles. The van der Waals surface area contributed by atoms with Crippen LogP contribution in [0.5, 0.6) is 5.75 Å². The zero-order valence-corrected chi connectivity index (χ0v) is 8.91. The van der Waals surface area contributed by atoms with E-state index in [1.54, 1.807) is 6.07 Å². The Bertz CT molecular complexity index is 316. The van der Waals surface area contributed by atoms with E-state index in [4.69, 9.17) is 4.74 Å². The molecule has 0 amide bonds. The summed E-state index contributed by atoms with van der Waals surface area (Å²) in [5, 5.41) is 0. The highest BCUT2D eigenvalue weighted by atomic mass is 16.5. The molecule has 1 aromatic carbocycles. The third kappa shape index (κ3) is 2.59. The van der Waals surface area contributed by atoms with Gasteiger partial charge in [0.15, 0.2) is 6.29 Å². The number of ether oxygens (including phenoxy) is 1. The molecule has 0 atom stereocenters. The van der Waals surface area contributed by atoms with E-state index in [9.17, 15) is 4.79 Å². The summed E-state index contributed by atoms with van der Waals surface area (Å²) in [5.41, 5.74) is 1.64. The standard InChI is InChI=1S/C12H16O2/c1-9(2)8-14-12-10(3)5-4-6-11(12)7-13/h4-7,9H,8H2,1-3H3. The van der Waals surface area contributed by atoms with Crippen molar-refractivity contribution in [2.45, 2.75) is 20.8 Å². The maximum Gasteiger partial charge on any atom is 0.153 e. The molecular weight excluding hydrogens is 176 g/mol. The van der Waals surface area contributed by atoms with Crippen molar-refractivity contribution < 1.29 is 9.53 Å². The van der Waals surface area contributed by atoms with E-state index in [2.05, 4.69) is 13.8 Å². The number of benzene rings is 1. The molecular formula is C12H16O2. The molecule has 2 nitrogen and oxygen atoms in total. The van der Waals surface area contributed by atoms with Crippen LogP contribution in [-0.2, 0) is 0 Å². The van der Waals surface area contributed by atoms with Crippen molar-refractivity contribution in [3.8, 4) is 5.75 Å². The molecule has 0 heterocycles. The van der Waals surface area contributed by atoms with Crippen LogP contribution in [0.25, 0.3) is 0 Å². The number of aldehydes is 1. The number of carbonyl (C=O) groups is 1. The minimum absolute atomic E-state index is 0.467. The van der Waals surface area contributed by atoms with Gasteiger partial charge in [-0.05, 0) is 24.5 Å². The Kier molecular flexibility index (Phi) is 3.69. The fourth-order valence-electron chi connectivity index (χ4n) is 1.22. The lowest BCUT2D eigenvalue weighted by Crippen LogP contribution is -2.07. The minimum atomic E-state index is 0.467. The summed E-state index contributed by atoms with van der Waals surface area (Å²) in [5.74, 6) is 1.19. The van der Waals surface area contributed by atoms with Gasteiger partial charge in [-0.25, -0.2) is 0 Å². The molecule has 1 rings (SSSR count). The summed E-state index contributed by atoms with van der Waals surface area (Å²) < 4.78 is 5.59. The molecule has 0 aliphatic rings. The van der Waals surface area contributed by atoms with Crippen LogP contribution in [0, 0.1) is 12.8 Å². The normalized spacial score (nSPS) is 10.3. The van der Waals surface area contributed by atoms with Gasteiger partial charge in [0.25, 0.3) is 0 Å². The molecule has 0 N–H and O–H groups in total. The Hall–Kier alpha value is -1.31. The van der Waals surface area contributed by atoms with Crippen molar-refractivity contribution in [3.05, 3.63) is 29.3 Å². The Labute approximate surface area is 84.9 Å². The summed E-state index contributed by atoms with van der Waals surface area (Å²) in [6.07, 6.45) is 0.836. The predicted octanol–water partition coefficient (Wildman–Crippen LogP) is 2.84. The summed E-state index contributed by atoms with van der Waals surface area (Å²) >= 11 is 0. The first-order valence-electron chi connectivity index (χ1n) is 4.82. The molecule has 0 saturated heterocycles. The fraction of sp³-hybridized carbons (Fsp3) is 0.417. The number of hydrogen-bond donors (Lipinski definition) is 0. The van der Waals surface area contributed by atoms with Gasteiger partial charge in [-0.15, -0.1) is 0 Å². The van der Waals surface area contributed by atoms with Gasteiger partial charge in [-0.3, -0.25) is 4.79 Å². The van der Waals surface area contributed by atoms with E-state index < -0.39 is 0 Å². The highest BCUT2D eigenvalue weighted by Crippen LogP contribution is 2.22. The van der Waals surface area contributed by atoms with Crippen molar-refractivity contribution in [1.29, 1.82) is 0 Å². The topological polar surface area (TPSA) is 26.3 Å². The average Bonchev–Trinajstić information content (AvgIpc) is 2.15. The van der Waals surface area contributed by atoms with Crippen LogP contribution in [0.1, 0.15) is 29.8 Å². The zero-order chi connectivity index (χ0) is 10.6. The van der Waals surface area contributed by atoms with Crippen LogP contribution >= 0.6 is 0 Å². The largest absolute Gasteiger partial charge is 0.492 e. The summed E-state index contributed by atoms with van der Waals surface area (Å²) in [6, 6.07) is 5.58. The number of hydrogen-bond acceptors (Lipinski definition) is 2. The quantitative estimate of drug-likeness (QED) is 0.686. The summed E-state index contributed by atoms with van der Waals surface area (Å²) in [7, 11) is 0. The molecule has 0 unspecified atom stereocenters. The summed E-state index contributed by atoms with van der Waals surface area (Å²) in [6.45, 7) is 6.76. The molecule has 0 spiro atoms. The van der Waals surface area contributed by atoms with Gasteiger partial charge in [-0.1, -0.05) is 26.0 Å². The van der Waals surface area contributed by atoms with Crippen molar-refractivity contribution in [3.63, 3.8) is 0 Å². The number of aryl methyl sites for hydroxylation is 1. The SMILES string of the molecule is Cc1cccc(C=O)c1OCC(C)C. The molecule has 1 aromatic rings. The van der Waals surface area contributed by atoms with E-state index in [0.717, 1.165) is 17.6 Å². The Morgan fingerprint density at radius 3 is 2.71 bits per heavy atom. The van der Waals surface area contributed by atoms with E-state index in [0.29, 0.717) is 18.1 Å². The van der Waals surface area contributed by atoms with E-state index >= 15 is 0 Å². The van der Waals surface area contributed by atoms with Crippen LogP contribution in [0.3, 0.4) is 0 Å². The second kappa shape index (κ2) is 4.80. The first-order valence-corrected chi connectivity index (χ1v) is 4.82. The Morgan fingerprint density at radius 2 is 2.14 bits per heavy atom. The lowest BCUT2D eigenvalue weighted by atomic mass is 10.1. The van der Waals surface area contributed by atoms with E-state index in [1.807, 2.05) is 19.1 Å². The van der Waals surface area contributed by atoms with E-state index in [-0.39, 0.29) is 0 Å². The number of para-hydroxylation sites is 1. The molecule has 0 saturated carbocycles. The van der Waals surface area contributed by atoms with E-state index in [1.165, 1.54) is 0 Å². The average molecular weight is 192 g/mol. The molecule has 2 heteroatoms. The van der Waals surface area contributed by atoms with Crippen LogP contribution < -0.4 is 4.74 Å². The highest BCUT2D eigenvalue weighted by molar-refractivity contribution is 5.80. The third-order valence-corrected chi connectivity index (χ3v) is 1.93. The molecule has 76 valence electrons. The molecule has 0 bridgehead atoms. The van der Waals surface area contributed by atoms with Crippen LogP contribution in [0.15, 0.2) is 18.2 Å². The van der Waals surface area contributed by atoms with Gasteiger partial charge in [0.1, 0.15) is 5.75 Å². The van der Waals surface area contributed by atoms with Crippen LogP contribution in [0.2, 0.25) is 0 Å². The highest BCUT2D eigenvalue weighted by Gasteiger charge is 2.06. The molecule has 0 radical (unpaired) electrons. The zero-order valence-electron chi connectivity index (χ0n) is 8.91. The smallest absolute Gasteiger partial charge is 0.153 e. The van der Waals surface area contributed by atoms with Gasteiger partial charge in [-0.2, -0.15) is 0 Å². The molecule has 14 heavy (non-hydrogen) atoms. The lowest BCUT2D eigenvalue weighted by molar-refractivity contribution is 0.111. The van der Waals surface area contributed by atoms with Crippen molar-refractivity contribution in [2.75, 3.05) is 6.61 Å². The monoisotopic (exact) mass is 192 g/mol. The Morgan fingerprint density at radius 1 is 1.43 bits per heavy atom. The van der Waals surface area contributed by atoms with Crippen molar-refractivity contribution >= 4 is 6.29 Å². The second-order valence-corrected chi connectivity index (χ2v) is 3.82. The summed E-state index contributed by atoms with van der Waals surface area (Å²) in [4.78, 5) is 10.7. The maximum absolute atomic E-state index is 10.7. The van der Waals surface area contributed by atoms with Gasteiger partial charge < -0.3 is 4.74 Å². The fourth-order valence-corrected chi connectivity index (χ4v) is 1.22. The van der Waals surface area contributed by atoms with Gasteiger partial charge >= 0.3 is 0 Å². The van der Waals surface area contributed by atoms with Crippen LogP contribution in [-0.4, -0.2) is 12.9 Å². The van der Waals surface area contributed by atoms with Gasteiger partial charge in [0.05, 0.1) is 12.2 Å².